The van der Waals surface area contributed by atoms with Gasteiger partial charge in [0.05, 0.1) is 4.92 Å². The third kappa shape index (κ3) is 2.51. The van der Waals surface area contributed by atoms with Crippen LogP contribution in [-0.2, 0) is 0 Å². The molecule has 0 radical (unpaired) electrons. The van der Waals surface area contributed by atoms with Crippen molar-refractivity contribution in [1.29, 1.82) is 0 Å². The number of nitrogens with one attached hydrogen (secondary N) is 2. The molecule has 9 heteroatoms. The van der Waals surface area contributed by atoms with Crippen LogP contribution in [-0.4, -0.2) is 26.4 Å². The molecule has 0 aliphatic rings. The van der Waals surface area contributed by atoms with E-state index in [0.29, 0.717) is 11.7 Å². The van der Waals surface area contributed by atoms with Crippen molar-refractivity contribution in [3.8, 4) is 0 Å². The van der Waals surface area contributed by atoms with Crippen LogP contribution < -0.4 is 10.6 Å². The van der Waals surface area contributed by atoms with Crippen molar-refractivity contribution < 1.29 is 4.92 Å². The van der Waals surface area contributed by atoms with Crippen molar-refractivity contribution in [2.75, 3.05) is 17.2 Å². The molecule has 2 heterocycles. The lowest BCUT2D eigenvalue weighted by Gasteiger charge is -2.06. The minimum atomic E-state index is -0.520. The quantitative estimate of drug-likeness (QED) is 0.629. The van der Waals surface area contributed by atoms with E-state index in [1.165, 1.54) is 17.7 Å². The first-order valence-corrected chi connectivity index (χ1v) is 6.00. The Morgan fingerprint density at radius 3 is 2.78 bits per heavy atom. The molecule has 0 unspecified atom stereocenters. The molecule has 0 saturated heterocycles. The molecule has 0 atom stereocenters. The molecule has 0 aliphatic carbocycles. The summed E-state index contributed by atoms with van der Waals surface area (Å²) in [5, 5.41) is 19.0. The summed E-state index contributed by atoms with van der Waals surface area (Å²) in [5.74, 6) is 0.317. The molecule has 8 nitrogen and oxygen atoms in total. The maximum Gasteiger partial charge on any atom is 0.353 e. The second-order valence-electron chi connectivity index (χ2n) is 3.17. The van der Waals surface area contributed by atoms with Gasteiger partial charge in [-0.1, -0.05) is 0 Å². The van der Waals surface area contributed by atoms with E-state index in [0.717, 1.165) is 0 Å². The fourth-order valence-corrected chi connectivity index (χ4v) is 1.85. The zero-order chi connectivity index (χ0) is 13.0. The largest absolute Gasteiger partial charge is 0.364 e. The molecule has 0 spiro atoms. The molecule has 0 bridgehead atoms. The van der Waals surface area contributed by atoms with Crippen molar-refractivity contribution in [3.05, 3.63) is 28.0 Å². The smallest absolute Gasteiger partial charge is 0.353 e. The molecule has 0 aromatic carbocycles. The zero-order valence-corrected chi connectivity index (χ0v) is 10.3. The summed E-state index contributed by atoms with van der Waals surface area (Å²) in [4.78, 5) is 22.3. The van der Waals surface area contributed by atoms with Gasteiger partial charge in [-0.2, -0.15) is 0 Å². The number of nitro groups is 1. The lowest BCUT2D eigenvalue weighted by molar-refractivity contribution is -0.383. The van der Waals surface area contributed by atoms with Crippen LogP contribution in [0.1, 0.15) is 6.92 Å². The highest BCUT2D eigenvalue weighted by Crippen LogP contribution is 2.31. The normalized spacial score (nSPS) is 10.1. The first kappa shape index (κ1) is 12.2. The third-order valence-electron chi connectivity index (χ3n) is 2.01. The molecule has 2 N–H and O–H groups in total. The van der Waals surface area contributed by atoms with Crippen LogP contribution in [0, 0.1) is 10.1 Å². The molecule has 2 aromatic heterocycles. The van der Waals surface area contributed by atoms with Gasteiger partial charge >= 0.3 is 5.69 Å². The maximum atomic E-state index is 11.1. The van der Waals surface area contributed by atoms with Gasteiger partial charge in [-0.3, -0.25) is 10.1 Å². The number of aromatic nitrogens is 3. The Bertz CT molecular complexity index is 544. The van der Waals surface area contributed by atoms with Crippen molar-refractivity contribution >= 4 is 33.8 Å². The Balaban J connectivity index is 2.39. The van der Waals surface area contributed by atoms with E-state index >= 15 is 0 Å². The van der Waals surface area contributed by atoms with E-state index < -0.39 is 4.92 Å². The van der Waals surface area contributed by atoms with Crippen molar-refractivity contribution in [2.45, 2.75) is 6.92 Å². The molecule has 2 rings (SSSR count). The highest BCUT2D eigenvalue weighted by Gasteiger charge is 2.22. The number of anilines is 3. The minimum Gasteiger partial charge on any atom is -0.364 e. The molecule has 0 aliphatic heterocycles. The Morgan fingerprint density at radius 2 is 2.17 bits per heavy atom. The maximum absolute atomic E-state index is 11.1. The average molecular weight is 266 g/mol. The number of thiazole rings is 1. The summed E-state index contributed by atoms with van der Waals surface area (Å²) in [6, 6.07) is 0. The number of hydrogen-bond acceptors (Lipinski definition) is 8. The van der Waals surface area contributed by atoms with Crippen LogP contribution >= 0.6 is 11.3 Å². The Hall–Kier alpha value is -2.29. The zero-order valence-electron chi connectivity index (χ0n) is 9.45. The molecule has 18 heavy (non-hydrogen) atoms. The van der Waals surface area contributed by atoms with Gasteiger partial charge in [-0.15, -0.1) is 11.3 Å². The van der Waals surface area contributed by atoms with Gasteiger partial charge in [0.25, 0.3) is 0 Å². The number of hydrogen-bond donors (Lipinski definition) is 2. The lowest BCUT2D eigenvalue weighted by atomic mass is 10.4. The van der Waals surface area contributed by atoms with E-state index in [4.69, 9.17) is 0 Å². The molecule has 0 saturated carbocycles. The minimum absolute atomic E-state index is 0.126. The fraction of sp³-hybridized carbons (Fsp3) is 0.222. The fourth-order valence-electron chi connectivity index (χ4n) is 1.33. The van der Waals surface area contributed by atoms with Gasteiger partial charge in [0.2, 0.25) is 11.6 Å². The monoisotopic (exact) mass is 266 g/mol. The van der Waals surface area contributed by atoms with Gasteiger partial charge in [-0.25, -0.2) is 15.0 Å². The van der Waals surface area contributed by atoms with Crippen LogP contribution in [0.4, 0.5) is 22.5 Å². The van der Waals surface area contributed by atoms with E-state index in [-0.39, 0.29) is 17.3 Å². The number of nitrogens with zero attached hydrogens (tertiary/aromatic N) is 4. The molecule has 0 amide bonds. The first-order valence-electron chi connectivity index (χ1n) is 5.12. The van der Waals surface area contributed by atoms with Gasteiger partial charge < -0.3 is 10.6 Å². The van der Waals surface area contributed by atoms with E-state index in [1.54, 1.807) is 11.6 Å². The molecular weight excluding hydrogens is 256 g/mol. The first-order chi connectivity index (χ1) is 8.72. The SMILES string of the molecule is CCNc1ncnc(Nc2nccs2)c1[N+](=O)[O-]. The van der Waals surface area contributed by atoms with E-state index in [2.05, 4.69) is 25.6 Å². The van der Waals surface area contributed by atoms with Gasteiger partial charge in [0.15, 0.2) is 5.13 Å². The Labute approximate surface area is 106 Å². The molecule has 0 fully saturated rings. The predicted molar refractivity (Wildman–Crippen MR) is 68.2 cm³/mol. The summed E-state index contributed by atoms with van der Waals surface area (Å²) in [6.07, 6.45) is 2.87. The van der Waals surface area contributed by atoms with Crippen LogP contribution in [0.15, 0.2) is 17.9 Å². The second kappa shape index (κ2) is 5.36. The topological polar surface area (TPSA) is 106 Å². The van der Waals surface area contributed by atoms with Crippen molar-refractivity contribution in [3.63, 3.8) is 0 Å². The lowest BCUT2D eigenvalue weighted by Crippen LogP contribution is -2.07. The van der Waals surface area contributed by atoms with Crippen LogP contribution in [0.25, 0.3) is 0 Å². The number of rotatable bonds is 5. The molecule has 2 aromatic rings. The second-order valence-corrected chi connectivity index (χ2v) is 4.06. The summed E-state index contributed by atoms with van der Waals surface area (Å²) in [7, 11) is 0. The summed E-state index contributed by atoms with van der Waals surface area (Å²) in [6.45, 7) is 2.37. The standard InChI is InChI=1S/C9H10N6O2S/c1-2-10-7-6(15(16)17)8(13-5-12-7)14-9-11-3-4-18-9/h3-5H,2H2,1H3,(H2,10,11,12,13,14). The van der Waals surface area contributed by atoms with Crippen molar-refractivity contribution in [2.24, 2.45) is 0 Å². The summed E-state index contributed by atoms with van der Waals surface area (Å²) in [5.41, 5.74) is -0.186. The van der Waals surface area contributed by atoms with Crippen LogP contribution in [0.5, 0.6) is 0 Å². The Kier molecular flexibility index (Phi) is 3.63. The Morgan fingerprint density at radius 1 is 1.39 bits per heavy atom. The van der Waals surface area contributed by atoms with E-state index in [9.17, 15) is 10.1 Å². The van der Waals surface area contributed by atoms with Gasteiger partial charge in [0, 0.05) is 18.1 Å². The highest BCUT2D eigenvalue weighted by molar-refractivity contribution is 7.13. The third-order valence-corrected chi connectivity index (χ3v) is 2.70. The summed E-state index contributed by atoms with van der Waals surface area (Å²) < 4.78 is 0. The summed E-state index contributed by atoms with van der Waals surface area (Å²) >= 11 is 1.33. The molecular formula is C9H10N6O2S. The molecule has 94 valence electrons. The van der Waals surface area contributed by atoms with Crippen molar-refractivity contribution in [1.82, 2.24) is 15.0 Å². The van der Waals surface area contributed by atoms with Crippen LogP contribution in [0.3, 0.4) is 0 Å². The van der Waals surface area contributed by atoms with Crippen LogP contribution in [0.2, 0.25) is 0 Å². The average Bonchev–Trinajstić information content (AvgIpc) is 2.82. The van der Waals surface area contributed by atoms with Gasteiger partial charge in [-0.05, 0) is 6.92 Å². The van der Waals surface area contributed by atoms with E-state index in [1.807, 2.05) is 6.92 Å². The highest BCUT2D eigenvalue weighted by atomic mass is 32.1. The van der Waals surface area contributed by atoms with Gasteiger partial charge in [0.1, 0.15) is 6.33 Å². The predicted octanol–water partition coefficient (Wildman–Crippen LogP) is 2.02.